The van der Waals surface area contributed by atoms with Crippen molar-refractivity contribution in [2.75, 3.05) is 19.0 Å². The van der Waals surface area contributed by atoms with Crippen molar-refractivity contribution in [1.29, 1.82) is 0 Å². The van der Waals surface area contributed by atoms with Gasteiger partial charge in [-0.05, 0) is 43.3 Å². The topological polar surface area (TPSA) is 111 Å². The zero-order valence-corrected chi connectivity index (χ0v) is 18.8. The number of benzene rings is 2. The van der Waals surface area contributed by atoms with Crippen LogP contribution in [0.15, 0.2) is 41.3 Å². The number of anilines is 1. The van der Waals surface area contributed by atoms with Crippen LogP contribution in [0.4, 0.5) is 5.69 Å². The summed E-state index contributed by atoms with van der Waals surface area (Å²) in [6.45, 7) is 0.653. The van der Waals surface area contributed by atoms with Crippen molar-refractivity contribution in [3.05, 3.63) is 51.5 Å². The molecule has 8 nitrogen and oxygen atoms in total. The molecule has 0 aliphatic rings. The highest BCUT2D eigenvalue weighted by Gasteiger charge is 2.24. The van der Waals surface area contributed by atoms with Gasteiger partial charge in [-0.15, -0.1) is 0 Å². The van der Waals surface area contributed by atoms with E-state index in [2.05, 4.69) is 10.0 Å². The molecule has 0 saturated heterocycles. The second-order valence-electron chi connectivity index (χ2n) is 5.92. The largest absolute Gasteiger partial charge is 0.495 e. The van der Waals surface area contributed by atoms with Crippen molar-refractivity contribution < 1.29 is 27.5 Å². The minimum absolute atomic E-state index is 0.0464. The van der Waals surface area contributed by atoms with Crippen LogP contribution in [0.1, 0.15) is 6.92 Å². The summed E-state index contributed by atoms with van der Waals surface area (Å²) >= 11 is 17.6. The molecule has 0 spiro atoms. The van der Waals surface area contributed by atoms with E-state index < -0.39 is 34.5 Å². The van der Waals surface area contributed by atoms with Gasteiger partial charge in [-0.3, -0.25) is 9.59 Å². The number of sulfonamides is 1. The van der Waals surface area contributed by atoms with Gasteiger partial charge in [0.25, 0.3) is 5.91 Å². The average Bonchev–Trinajstić information content (AvgIpc) is 2.67. The summed E-state index contributed by atoms with van der Waals surface area (Å²) < 4.78 is 36.7. The quantitative estimate of drug-likeness (QED) is 0.542. The van der Waals surface area contributed by atoms with Crippen LogP contribution in [0.25, 0.3) is 0 Å². The fourth-order valence-corrected chi connectivity index (χ4v) is 4.03. The summed E-state index contributed by atoms with van der Waals surface area (Å²) in [6.07, 6.45) is 0. The van der Waals surface area contributed by atoms with E-state index in [1.807, 2.05) is 0 Å². The number of rotatable bonds is 8. The third kappa shape index (κ3) is 6.48. The molecule has 1 amide bonds. The molecule has 0 aliphatic heterocycles. The molecule has 1 atom stereocenters. The third-order valence-electron chi connectivity index (χ3n) is 3.67. The molecular weight excluding hydrogens is 479 g/mol. The Morgan fingerprint density at radius 3 is 2.33 bits per heavy atom. The predicted molar refractivity (Wildman–Crippen MR) is 114 cm³/mol. The Kier molecular flexibility index (Phi) is 8.34. The molecule has 30 heavy (non-hydrogen) atoms. The van der Waals surface area contributed by atoms with Crippen molar-refractivity contribution in [3.63, 3.8) is 0 Å². The number of esters is 1. The van der Waals surface area contributed by atoms with Gasteiger partial charge in [0, 0.05) is 5.69 Å². The normalized spacial score (nSPS) is 12.2. The number of carbonyl (C=O) groups is 2. The Hall–Kier alpha value is -2.04. The molecule has 2 aromatic carbocycles. The Morgan fingerprint density at radius 1 is 1.03 bits per heavy atom. The smallest absolute Gasteiger partial charge is 0.324 e. The molecule has 2 aromatic rings. The zero-order chi connectivity index (χ0) is 22.5. The number of hydrogen-bond acceptors (Lipinski definition) is 6. The highest BCUT2D eigenvalue weighted by atomic mass is 35.5. The van der Waals surface area contributed by atoms with Crippen molar-refractivity contribution >= 4 is 62.4 Å². The highest BCUT2D eigenvalue weighted by Crippen LogP contribution is 2.27. The van der Waals surface area contributed by atoms with Crippen molar-refractivity contribution in [1.82, 2.24) is 4.72 Å². The molecule has 0 fully saturated rings. The SMILES string of the molecule is COc1ccc(NC(=O)COC(=O)[C@H](C)NS(=O)(=O)c2ccc(Cl)c(Cl)c2)cc1Cl. The second-order valence-corrected chi connectivity index (χ2v) is 8.86. The van der Waals surface area contributed by atoms with Gasteiger partial charge in [0.2, 0.25) is 10.0 Å². The van der Waals surface area contributed by atoms with E-state index in [0.29, 0.717) is 11.4 Å². The molecule has 0 saturated carbocycles. The van der Waals surface area contributed by atoms with Crippen molar-refractivity contribution in [2.24, 2.45) is 0 Å². The Bertz CT molecular complexity index is 1060. The van der Waals surface area contributed by atoms with E-state index in [9.17, 15) is 18.0 Å². The standard InChI is InChI=1S/C18H17Cl3N2O6S/c1-10(23-30(26,27)12-4-5-13(19)14(20)8-12)18(25)29-9-17(24)22-11-3-6-16(28-2)15(21)7-11/h3-8,10,23H,9H2,1-2H3,(H,22,24)/t10-/m0/s1. The molecule has 0 aromatic heterocycles. The summed E-state index contributed by atoms with van der Waals surface area (Å²) in [5, 5.41) is 3.02. The summed E-state index contributed by atoms with van der Waals surface area (Å²) in [5.41, 5.74) is 0.371. The molecule has 12 heteroatoms. The first-order valence-electron chi connectivity index (χ1n) is 8.31. The minimum atomic E-state index is -4.06. The van der Waals surface area contributed by atoms with Gasteiger partial charge in [0.15, 0.2) is 6.61 Å². The Labute approximate surface area is 188 Å². The first kappa shape index (κ1) is 24.2. The van der Waals surface area contributed by atoms with Gasteiger partial charge < -0.3 is 14.8 Å². The lowest BCUT2D eigenvalue weighted by Gasteiger charge is -2.14. The van der Waals surface area contributed by atoms with E-state index in [1.54, 1.807) is 12.1 Å². The second kappa shape index (κ2) is 10.3. The predicted octanol–water partition coefficient (Wildman–Crippen LogP) is 3.50. The molecular formula is C18H17Cl3N2O6S. The van der Waals surface area contributed by atoms with E-state index in [-0.39, 0.29) is 20.0 Å². The van der Waals surface area contributed by atoms with E-state index in [1.165, 1.54) is 32.2 Å². The Balaban J connectivity index is 1.91. The van der Waals surface area contributed by atoms with E-state index in [0.717, 1.165) is 6.07 Å². The maximum Gasteiger partial charge on any atom is 0.324 e. The molecule has 0 unspecified atom stereocenters. The fraction of sp³-hybridized carbons (Fsp3) is 0.222. The minimum Gasteiger partial charge on any atom is -0.495 e. The summed E-state index contributed by atoms with van der Waals surface area (Å²) in [6, 6.07) is 7.03. The number of amides is 1. The van der Waals surface area contributed by atoms with Gasteiger partial charge in [-0.25, -0.2) is 8.42 Å². The molecule has 0 bridgehead atoms. The van der Waals surface area contributed by atoms with Crippen LogP contribution < -0.4 is 14.8 Å². The average molecular weight is 496 g/mol. The highest BCUT2D eigenvalue weighted by molar-refractivity contribution is 7.89. The lowest BCUT2D eigenvalue weighted by atomic mass is 10.3. The van der Waals surface area contributed by atoms with E-state index >= 15 is 0 Å². The van der Waals surface area contributed by atoms with Crippen LogP contribution in [0, 0.1) is 0 Å². The first-order valence-corrected chi connectivity index (χ1v) is 10.9. The molecule has 0 heterocycles. The van der Waals surface area contributed by atoms with Crippen LogP contribution in [0.5, 0.6) is 5.75 Å². The number of ether oxygens (including phenoxy) is 2. The number of carbonyl (C=O) groups excluding carboxylic acids is 2. The van der Waals surface area contributed by atoms with Gasteiger partial charge in [-0.1, -0.05) is 34.8 Å². The zero-order valence-electron chi connectivity index (χ0n) is 15.7. The van der Waals surface area contributed by atoms with Crippen LogP contribution >= 0.6 is 34.8 Å². The number of nitrogens with one attached hydrogen (secondary N) is 2. The van der Waals surface area contributed by atoms with Crippen molar-refractivity contribution in [2.45, 2.75) is 17.9 Å². The number of hydrogen-bond donors (Lipinski definition) is 2. The summed E-state index contributed by atoms with van der Waals surface area (Å²) in [7, 11) is -2.61. The van der Waals surface area contributed by atoms with Gasteiger partial charge in [-0.2, -0.15) is 4.72 Å². The molecule has 162 valence electrons. The lowest BCUT2D eigenvalue weighted by Crippen LogP contribution is -2.40. The molecule has 0 aliphatic carbocycles. The van der Waals surface area contributed by atoms with Crippen LogP contribution in [-0.2, 0) is 24.3 Å². The maximum absolute atomic E-state index is 12.4. The van der Waals surface area contributed by atoms with Crippen LogP contribution in [0.3, 0.4) is 0 Å². The monoisotopic (exact) mass is 494 g/mol. The number of methoxy groups -OCH3 is 1. The fourth-order valence-electron chi connectivity index (χ4n) is 2.20. The Morgan fingerprint density at radius 2 is 1.73 bits per heavy atom. The maximum atomic E-state index is 12.4. The van der Waals surface area contributed by atoms with Crippen LogP contribution in [-0.4, -0.2) is 40.1 Å². The van der Waals surface area contributed by atoms with Gasteiger partial charge in [0.1, 0.15) is 11.8 Å². The van der Waals surface area contributed by atoms with Crippen LogP contribution in [0.2, 0.25) is 15.1 Å². The number of halogens is 3. The molecule has 2 N–H and O–H groups in total. The van der Waals surface area contributed by atoms with E-state index in [4.69, 9.17) is 44.3 Å². The first-order chi connectivity index (χ1) is 14.0. The lowest BCUT2D eigenvalue weighted by molar-refractivity contribution is -0.148. The molecule has 2 rings (SSSR count). The van der Waals surface area contributed by atoms with Crippen molar-refractivity contribution in [3.8, 4) is 5.75 Å². The third-order valence-corrected chi connectivity index (χ3v) is 6.24. The summed E-state index contributed by atoms with van der Waals surface area (Å²) in [5.74, 6) is -1.14. The van der Waals surface area contributed by atoms with Gasteiger partial charge in [0.05, 0.1) is 27.1 Å². The molecule has 0 radical (unpaired) electrons. The summed E-state index contributed by atoms with van der Waals surface area (Å²) in [4.78, 5) is 23.8. The van der Waals surface area contributed by atoms with Gasteiger partial charge >= 0.3 is 5.97 Å².